The average Bonchev–Trinajstić information content (AvgIpc) is 3.26. The number of aryl methyl sites for hydroxylation is 1. The molecule has 0 amide bonds. The van der Waals surface area contributed by atoms with Crippen LogP contribution < -0.4 is 0 Å². The van der Waals surface area contributed by atoms with Crippen LogP contribution in [0.25, 0.3) is 33.4 Å². The molecule has 0 spiro atoms. The SMILES string of the molecule is Cc1cccc(-c2nn3c(c2-c2ccnc4cc(Br)ccc24)CCC3CO)n1. The van der Waals surface area contributed by atoms with Crippen molar-refractivity contribution in [3.8, 4) is 22.5 Å². The van der Waals surface area contributed by atoms with Crippen LogP contribution in [0.3, 0.4) is 0 Å². The number of aliphatic hydroxyl groups is 1. The highest BCUT2D eigenvalue weighted by atomic mass is 79.9. The quantitative estimate of drug-likeness (QED) is 0.506. The Morgan fingerprint density at radius 1 is 1.21 bits per heavy atom. The van der Waals surface area contributed by atoms with Crippen molar-refractivity contribution in [1.82, 2.24) is 19.7 Å². The van der Waals surface area contributed by atoms with E-state index >= 15 is 0 Å². The molecule has 4 heterocycles. The van der Waals surface area contributed by atoms with Crippen molar-refractivity contribution in [3.05, 3.63) is 64.5 Å². The maximum Gasteiger partial charge on any atom is 0.119 e. The fourth-order valence-electron chi connectivity index (χ4n) is 4.08. The van der Waals surface area contributed by atoms with Gasteiger partial charge in [0, 0.05) is 33.0 Å². The molecule has 140 valence electrons. The zero-order chi connectivity index (χ0) is 19.3. The molecule has 6 heteroatoms. The highest BCUT2D eigenvalue weighted by molar-refractivity contribution is 9.10. The van der Waals surface area contributed by atoms with E-state index < -0.39 is 0 Å². The second kappa shape index (κ2) is 6.79. The van der Waals surface area contributed by atoms with E-state index in [0.717, 1.165) is 62.1 Å². The van der Waals surface area contributed by atoms with E-state index in [9.17, 15) is 5.11 Å². The monoisotopic (exact) mass is 434 g/mol. The van der Waals surface area contributed by atoms with E-state index in [1.54, 1.807) is 0 Å². The van der Waals surface area contributed by atoms with Gasteiger partial charge >= 0.3 is 0 Å². The summed E-state index contributed by atoms with van der Waals surface area (Å²) >= 11 is 3.54. The summed E-state index contributed by atoms with van der Waals surface area (Å²) in [4.78, 5) is 9.27. The molecule has 5 nitrogen and oxygen atoms in total. The minimum absolute atomic E-state index is 0.0227. The predicted octanol–water partition coefficient (Wildman–Crippen LogP) is 4.71. The lowest BCUT2D eigenvalue weighted by atomic mass is 9.96. The standard InChI is InChI=1S/C22H19BrN4O/c1-13-3-2-4-18(25-13)22-21(20-8-6-15(12-28)27(20)26-22)17-9-10-24-19-11-14(23)5-7-16(17)19/h2-5,7,9-11,15,28H,6,8,12H2,1H3. The van der Waals surface area contributed by atoms with Gasteiger partial charge in [0.1, 0.15) is 5.69 Å². The van der Waals surface area contributed by atoms with E-state index in [-0.39, 0.29) is 12.6 Å². The molecule has 0 aliphatic carbocycles. The van der Waals surface area contributed by atoms with Crippen molar-refractivity contribution in [2.24, 2.45) is 0 Å². The molecule has 3 aromatic heterocycles. The first-order valence-electron chi connectivity index (χ1n) is 9.36. The summed E-state index contributed by atoms with van der Waals surface area (Å²) in [5, 5.41) is 15.8. The molecule has 0 saturated heterocycles. The van der Waals surface area contributed by atoms with Crippen LogP contribution in [0.5, 0.6) is 0 Å². The molecular formula is C22H19BrN4O. The summed E-state index contributed by atoms with van der Waals surface area (Å²) in [5.41, 5.74) is 6.99. The lowest BCUT2D eigenvalue weighted by molar-refractivity contribution is 0.224. The van der Waals surface area contributed by atoms with Crippen LogP contribution in [0.15, 0.2) is 53.1 Å². The fourth-order valence-corrected chi connectivity index (χ4v) is 4.43. The Balaban J connectivity index is 1.82. The first-order valence-corrected chi connectivity index (χ1v) is 10.2. The summed E-state index contributed by atoms with van der Waals surface area (Å²) in [6.07, 6.45) is 3.64. The van der Waals surface area contributed by atoms with Gasteiger partial charge in [-0.05, 0) is 55.7 Å². The van der Waals surface area contributed by atoms with Crippen molar-refractivity contribution >= 4 is 26.8 Å². The number of halogens is 1. The maximum atomic E-state index is 9.81. The van der Waals surface area contributed by atoms with Crippen LogP contribution in [0.2, 0.25) is 0 Å². The molecule has 4 aromatic rings. The number of aromatic nitrogens is 4. The largest absolute Gasteiger partial charge is 0.394 e. The lowest BCUT2D eigenvalue weighted by Crippen LogP contribution is -2.09. The van der Waals surface area contributed by atoms with Gasteiger partial charge in [-0.25, -0.2) is 0 Å². The van der Waals surface area contributed by atoms with Crippen molar-refractivity contribution in [3.63, 3.8) is 0 Å². The van der Waals surface area contributed by atoms with Gasteiger partial charge in [0.05, 0.1) is 23.9 Å². The molecular weight excluding hydrogens is 416 g/mol. The first kappa shape index (κ1) is 17.5. The van der Waals surface area contributed by atoms with Gasteiger partial charge in [-0.2, -0.15) is 5.10 Å². The molecule has 1 atom stereocenters. The van der Waals surface area contributed by atoms with Crippen molar-refractivity contribution in [1.29, 1.82) is 0 Å². The fraction of sp³-hybridized carbons (Fsp3) is 0.227. The summed E-state index contributed by atoms with van der Waals surface area (Å²) in [7, 11) is 0. The van der Waals surface area contributed by atoms with E-state index in [1.807, 2.05) is 48.1 Å². The van der Waals surface area contributed by atoms with Gasteiger partial charge in [-0.15, -0.1) is 0 Å². The first-order chi connectivity index (χ1) is 13.7. The Morgan fingerprint density at radius 3 is 2.93 bits per heavy atom. The molecule has 1 aromatic carbocycles. The molecule has 1 aliphatic rings. The van der Waals surface area contributed by atoms with Crippen LogP contribution in [0.4, 0.5) is 0 Å². The van der Waals surface area contributed by atoms with Crippen LogP contribution in [0.1, 0.15) is 23.9 Å². The molecule has 1 unspecified atom stereocenters. The van der Waals surface area contributed by atoms with Gasteiger partial charge < -0.3 is 5.11 Å². The van der Waals surface area contributed by atoms with E-state index in [4.69, 9.17) is 10.1 Å². The van der Waals surface area contributed by atoms with E-state index in [0.29, 0.717) is 0 Å². The number of pyridine rings is 2. The van der Waals surface area contributed by atoms with Crippen molar-refractivity contribution in [2.45, 2.75) is 25.8 Å². The van der Waals surface area contributed by atoms with Crippen LogP contribution in [-0.4, -0.2) is 31.5 Å². The molecule has 1 N–H and O–H groups in total. The summed E-state index contributed by atoms with van der Waals surface area (Å²) in [6.45, 7) is 2.08. The summed E-state index contributed by atoms with van der Waals surface area (Å²) in [6, 6.07) is 14.2. The minimum atomic E-state index is 0.0227. The van der Waals surface area contributed by atoms with Gasteiger partial charge in [-0.1, -0.05) is 28.1 Å². The number of hydrogen-bond acceptors (Lipinski definition) is 4. The minimum Gasteiger partial charge on any atom is -0.394 e. The predicted molar refractivity (Wildman–Crippen MR) is 113 cm³/mol. The average molecular weight is 435 g/mol. The third-order valence-corrected chi connectivity index (χ3v) is 5.88. The lowest BCUT2D eigenvalue weighted by Gasteiger charge is -2.09. The normalized spacial score (nSPS) is 15.9. The molecule has 0 radical (unpaired) electrons. The Kier molecular flexibility index (Phi) is 4.25. The number of rotatable bonds is 3. The molecule has 5 rings (SSSR count). The number of fused-ring (bicyclic) bond motifs is 2. The summed E-state index contributed by atoms with van der Waals surface area (Å²) < 4.78 is 3.01. The molecule has 1 aliphatic heterocycles. The number of hydrogen-bond donors (Lipinski definition) is 1. The Bertz CT molecular complexity index is 1200. The Labute approximate surface area is 171 Å². The molecule has 0 bridgehead atoms. The Morgan fingerprint density at radius 2 is 2.11 bits per heavy atom. The highest BCUT2D eigenvalue weighted by Gasteiger charge is 2.30. The van der Waals surface area contributed by atoms with E-state index in [1.165, 1.54) is 0 Å². The molecule has 0 fully saturated rings. The van der Waals surface area contributed by atoms with Gasteiger partial charge in [0.2, 0.25) is 0 Å². The van der Waals surface area contributed by atoms with E-state index in [2.05, 4.69) is 33.0 Å². The zero-order valence-electron chi connectivity index (χ0n) is 15.4. The number of benzene rings is 1. The van der Waals surface area contributed by atoms with Crippen molar-refractivity contribution < 1.29 is 5.11 Å². The second-order valence-electron chi connectivity index (χ2n) is 7.17. The van der Waals surface area contributed by atoms with Gasteiger partial charge in [0.25, 0.3) is 0 Å². The maximum absolute atomic E-state index is 9.81. The smallest absolute Gasteiger partial charge is 0.119 e. The molecule has 28 heavy (non-hydrogen) atoms. The third kappa shape index (κ3) is 2.75. The summed E-state index contributed by atoms with van der Waals surface area (Å²) in [5.74, 6) is 0. The highest BCUT2D eigenvalue weighted by Crippen LogP contribution is 2.42. The van der Waals surface area contributed by atoms with Crippen LogP contribution in [0, 0.1) is 6.92 Å². The Hall–Kier alpha value is -2.57. The van der Waals surface area contributed by atoms with Crippen LogP contribution >= 0.6 is 15.9 Å². The number of aliphatic hydroxyl groups excluding tert-OH is 1. The molecule has 0 saturated carbocycles. The van der Waals surface area contributed by atoms with Crippen LogP contribution in [-0.2, 0) is 6.42 Å². The van der Waals surface area contributed by atoms with Gasteiger partial charge in [0.15, 0.2) is 0 Å². The third-order valence-electron chi connectivity index (χ3n) is 5.39. The second-order valence-corrected chi connectivity index (χ2v) is 8.09. The zero-order valence-corrected chi connectivity index (χ0v) is 17.0. The number of nitrogens with zero attached hydrogens (tertiary/aromatic N) is 4. The van der Waals surface area contributed by atoms with Crippen molar-refractivity contribution in [2.75, 3.05) is 6.61 Å². The topological polar surface area (TPSA) is 63.8 Å². The van der Waals surface area contributed by atoms with Gasteiger partial charge in [-0.3, -0.25) is 14.6 Å².